The second-order valence-corrected chi connectivity index (χ2v) is 3.94. The van der Waals surface area contributed by atoms with Gasteiger partial charge in [-0.05, 0) is 24.8 Å². The van der Waals surface area contributed by atoms with Crippen LogP contribution in [0.1, 0.15) is 18.9 Å². The maximum Gasteiger partial charge on any atom is 0.123 e. The summed E-state index contributed by atoms with van der Waals surface area (Å²) in [5.74, 6) is 0.794. The van der Waals surface area contributed by atoms with Gasteiger partial charge in [-0.2, -0.15) is 0 Å². The van der Waals surface area contributed by atoms with Crippen molar-refractivity contribution in [1.82, 2.24) is 0 Å². The second-order valence-electron chi connectivity index (χ2n) is 3.94. The molecule has 0 amide bonds. The molecule has 72 valence electrons. The van der Waals surface area contributed by atoms with E-state index in [9.17, 15) is 4.79 Å². The van der Waals surface area contributed by atoms with Gasteiger partial charge in [0.1, 0.15) is 6.29 Å². The van der Waals surface area contributed by atoms with Crippen LogP contribution in [0.4, 0.5) is 0 Å². The fraction of sp³-hybridized carbons (Fsp3) is 0.308. The van der Waals surface area contributed by atoms with Crippen LogP contribution in [0.25, 0.3) is 6.08 Å². The third-order valence-corrected chi connectivity index (χ3v) is 2.79. The molecule has 2 atom stereocenters. The average Bonchev–Trinajstić information content (AvgIpc) is 2.98. The lowest BCUT2D eigenvalue weighted by molar-refractivity contribution is -0.109. The number of allylic oxidation sites excluding steroid dienone is 1. The third kappa shape index (κ3) is 1.92. The van der Waals surface area contributed by atoms with Gasteiger partial charge in [-0.25, -0.2) is 0 Å². The molecule has 0 aromatic heterocycles. The summed E-state index contributed by atoms with van der Waals surface area (Å²) in [6, 6.07) is 10.2. The fourth-order valence-electron chi connectivity index (χ4n) is 1.81. The first-order valence-electron chi connectivity index (χ1n) is 5.00. The maximum atomic E-state index is 10.5. The molecule has 0 unspecified atom stereocenters. The molecule has 1 saturated carbocycles. The summed E-state index contributed by atoms with van der Waals surface area (Å²) in [6.07, 6.45) is 4.29. The molecular weight excluding hydrogens is 172 g/mol. The summed E-state index contributed by atoms with van der Waals surface area (Å²) < 4.78 is 0. The van der Waals surface area contributed by atoms with Gasteiger partial charge in [0, 0.05) is 5.92 Å². The molecule has 2 rings (SSSR count). The Balaban J connectivity index is 2.08. The summed E-state index contributed by atoms with van der Waals surface area (Å²) in [4.78, 5) is 10.5. The van der Waals surface area contributed by atoms with E-state index in [0.29, 0.717) is 5.92 Å². The fourth-order valence-corrected chi connectivity index (χ4v) is 1.81. The van der Waals surface area contributed by atoms with Crippen LogP contribution in [-0.4, -0.2) is 6.29 Å². The minimum Gasteiger partial charge on any atom is -0.303 e. The molecule has 1 aromatic carbocycles. The van der Waals surface area contributed by atoms with Crippen molar-refractivity contribution in [2.75, 3.05) is 0 Å². The molecule has 0 N–H and O–H groups in total. The zero-order chi connectivity index (χ0) is 9.97. The molecule has 1 heteroatoms. The summed E-state index contributed by atoms with van der Waals surface area (Å²) in [5.41, 5.74) is 2.55. The Labute approximate surface area is 84.5 Å². The quantitative estimate of drug-likeness (QED) is 0.663. The summed E-state index contributed by atoms with van der Waals surface area (Å²) in [5, 5.41) is 0. The first-order chi connectivity index (χ1) is 6.81. The molecular formula is C13H14O. The number of aldehydes is 1. The molecule has 1 fully saturated rings. The van der Waals surface area contributed by atoms with Crippen LogP contribution < -0.4 is 0 Å². The van der Waals surface area contributed by atoms with Crippen molar-refractivity contribution in [2.24, 2.45) is 11.8 Å². The summed E-state index contributed by atoms with van der Waals surface area (Å²) >= 11 is 0. The van der Waals surface area contributed by atoms with Crippen LogP contribution in [0.2, 0.25) is 0 Å². The van der Waals surface area contributed by atoms with Crippen LogP contribution in [0.15, 0.2) is 35.9 Å². The van der Waals surface area contributed by atoms with Gasteiger partial charge in [0.2, 0.25) is 0 Å². The standard InChI is InChI=1S/C13H14O/c1-10(13-8-12(13)9-14)7-11-5-3-2-4-6-11/h2-7,9,12-13H,8H2,1H3/b10-7+/t12-,13+/m0/s1. The van der Waals surface area contributed by atoms with Crippen molar-refractivity contribution < 1.29 is 4.79 Å². The van der Waals surface area contributed by atoms with Gasteiger partial charge >= 0.3 is 0 Å². The highest BCUT2D eigenvalue weighted by Gasteiger charge is 2.37. The Morgan fingerprint density at radius 1 is 1.36 bits per heavy atom. The smallest absolute Gasteiger partial charge is 0.123 e. The molecule has 1 aliphatic carbocycles. The van der Waals surface area contributed by atoms with E-state index in [1.807, 2.05) is 18.2 Å². The van der Waals surface area contributed by atoms with Crippen LogP contribution in [0, 0.1) is 11.8 Å². The lowest BCUT2D eigenvalue weighted by Gasteiger charge is -1.98. The van der Waals surface area contributed by atoms with Gasteiger partial charge < -0.3 is 4.79 Å². The van der Waals surface area contributed by atoms with Crippen molar-refractivity contribution in [2.45, 2.75) is 13.3 Å². The van der Waals surface area contributed by atoms with E-state index in [2.05, 4.69) is 25.1 Å². The van der Waals surface area contributed by atoms with E-state index in [1.165, 1.54) is 11.1 Å². The van der Waals surface area contributed by atoms with Gasteiger partial charge in [0.15, 0.2) is 0 Å². The average molecular weight is 186 g/mol. The first kappa shape index (κ1) is 9.20. The number of hydrogen-bond acceptors (Lipinski definition) is 1. The minimum absolute atomic E-state index is 0.287. The van der Waals surface area contributed by atoms with Crippen molar-refractivity contribution in [1.29, 1.82) is 0 Å². The SMILES string of the molecule is C/C(=C\c1ccccc1)[C@H]1C[C@H]1C=O. The Hall–Kier alpha value is -1.37. The predicted molar refractivity (Wildman–Crippen MR) is 57.8 cm³/mol. The van der Waals surface area contributed by atoms with Crippen molar-refractivity contribution in [3.05, 3.63) is 41.5 Å². The Morgan fingerprint density at radius 2 is 2.07 bits per heavy atom. The van der Waals surface area contributed by atoms with Gasteiger partial charge in [-0.1, -0.05) is 42.0 Å². The number of carbonyl (C=O) groups is 1. The Morgan fingerprint density at radius 3 is 2.64 bits per heavy atom. The molecule has 1 aromatic rings. The van der Waals surface area contributed by atoms with Crippen molar-refractivity contribution >= 4 is 12.4 Å². The zero-order valence-electron chi connectivity index (χ0n) is 8.31. The van der Waals surface area contributed by atoms with Crippen LogP contribution in [0.5, 0.6) is 0 Å². The molecule has 1 nitrogen and oxygen atoms in total. The maximum absolute atomic E-state index is 10.5. The van der Waals surface area contributed by atoms with Crippen LogP contribution >= 0.6 is 0 Å². The molecule has 0 radical (unpaired) electrons. The van der Waals surface area contributed by atoms with Gasteiger partial charge in [0.25, 0.3) is 0 Å². The lowest BCUT2D eigenvalue weighted by atomic mass is 10.1. The Bertz CT molecular complexity index is 351. The second kappa shape index (κ2) is 3.79. The lowest BCUT2D eigenvalue weighted by Crippen LogP contribution is -1.85. The molecule has 0 heterocycles. The first-order valence-corrected chi connectivity index (χ1v) is 5.00. The summed E-state index contributed by atoms with van der Waals surface area (Å²) in [6.45, 7) is 2.11. The van der Waals surface area contributed by atoms with E-state index < -0.39 is 0 Å². The molecule has 0 bridgehead atoms. The highest BCUT2D eigenvalue weighted by molar-refractivity contribution is 5.63. The number of rotatable bonds is 3. The molecule has 1 aliphatic rings. The largest absolute Gasteiger partial charge is 0.303 e. The van der Waals surface area contributed by atoms with Gasteiger partial charge in [-0.3, -0.25) is 0 Å². The predicted octanol–water partition coefficient (Wildman–Crippen LogP) is 2.92. The topological polar surface area (TPSA) is 17.1 Å². The molecule has 0 spiro atoms. The third-order valence-electron chi connectivity index (χ3n) is 2.79. The normalized spacial score (nSPS) is 25.9. The highest BCUT2D eigenvalue weighted by Crippen LogP contribution is 2.42. The van der Waals surface area contributed by atoms with Crippen molar-refractivity contribution in [3.63, 3.8) is 0 Å². The van der Waals surface area contributed by atoms with E-state index in [4.69, 9.17) is 0 Å². The molecule has 0 aliphatic heterocycles. The van der Waals surface area contributed by atoms with Crippen LogP contribution in [0.3, 0.4) is 0 Å². The summed E-state index contributed by atoms with van der Waals surface area (Å²) in [7, 11) is 0. The number of carbonyl (C=O) groups excluding carboxylic acids is 1. The number of hydrogen-bond donors (Lipinski definition) is 0. The molecule has 0 saturated heterocycles. The monoisotopic (exact) mass is 186 g/mol. The minimum atomic E-state index is 0.287. The van der Waals surface area contributed by atoms with Gasteiger partial charge in [0.05, 0.1) is 0 Å². The van der Waals surface area contributed by atoms with Gasteiger partial charge in [-0.15, -0.1) is 0 Å². The van der Waals surface area contributed by atoms with E-state index in [1.54, 1.807) is 0 Å². The zero-order valence-corrected chi connectivity index (χ0v) is 8.31. The van der Waals surface area contributed by atoms with E-state index in [-0.39, 0.29) is 5.92 Å². The van der Waals surface area contributed by atoms with E-state index >= 15 is 0 Å². The number of benzene rings is 1. The van der Waals surface area contributed by atoms with E-state index in [0.717, 1.165) is 12.7 Å². The highest BCUT2D eigenvalue weighted by atomic mass is 16.1. The molecule has 14 heavy (non-hydrogen) atoms. The Kier molecular flexibility index (Phi) is 2.49. The van der Waals surface area contributed by atoms with Crippen LogP contribution in [-0.2, 0) is 4.79 Å². The van der Waals surface area contributed by atoms with Crippen molar-refractivity contribution in [3.8, 4) is 0 Å².